The Balaban J connectivity index is 4.84. The van der Waals surface area contributed by atoms with Gasteiger partial charge in [-0.1, -0.05) is 0 Å². The Kier molecular flexibility index (Phi) is 10.7. The first-order valence-corrected chi connectivity index (χ1v) is 11.8. The van der Waals surface area contributed by atoms with Gasteiger partial charge in [-0.3, -0.25) is 0 Å². The Morgan fingerprint density at radius 3 is 0.812 bits per heavy atom. The summed E-state index contributed by atoms with van der Waals surface area (Å²) in [5.74, 6) is 0. The van der Waals surface area contributed by atoms with E-state index in [1.54, 1.807) is 0 Å². The van der Waals surface area contributed by atoms with Crippen LogP contribution in [0.5, 0.6) is 0 Å². The predicted octanol–water partition coefficient (Wildman–Crippen LogP) is 2.38. The molecule has 0 aromatic rings. The number of hydrogen-bond acceptors (Lipinski definition) is 3. The second-order valence-corrected chi connectivity index (χ2v) is 13.1. The average Bonchev–Trinajstić information content (AvgIpc) is 2.33. The minimum absolute atomic E-state index is 1.22. The summed E-state index contributed by atoms with van der Waals surface area (Å²) in [6, 6.07) is 0. The van der Waals surface area contributed by atoms with Crippen LogP contribution in [0.15, 0.2) is 0 Å². The summed E-state index contributed by atoms with van der Waals surface area (Å²) in [7, 11) is 0. The van der Waals surface area contributed by atoms with Gasteiger partial charge < -0.3 is 0 Å². The molecule has 0 spiro atoms. The summed E-state index contributed by atoms with van der Waals surface area (Å²) in [6.07, 6.45) is 0. The van der Waals surface area contributed by atoms with Crippen molar-refractivity contribution in [3.8, 4) is 0 Å². The molecule has 96 valence electrons. The molecule has 16 heavy (non-hydrogen) atoms. The topological polar surface area (TPSA) is 9.72 Å². The van der Waals surface area contributed by atoms with Crippen LogP contribution >= 0.6 is 0 Å². The molecule has 0 fully saturated rings. The van der Waals surface area contributed by atoms with Gasteiger partial charge in [0, 0.05) is 0 Å². The molecule has 3 nitrogen and oxygen atoms in total. The van der Waals surface area contributed by atoms with Crippen molar-refractivity contribution < 1.29 is 31.1 Å². The fraction of sp³-hybridized carbons (Fsp3) is 1.00. The summed E-state index contributed by atoms with van der Waals surface area (Å²) in [4.78, 5) is 0. The van der Waals surface area contributed by atoms with Crippen LogP contribution in [0, 0.1) is 31.1 Å². The Morgan fingerprint density at radius 1 is 0.500 bits per heavy atom. The van der Waals surface area contributed by atoms with Crippen LogP contribution in [0.1, 0.15) is 41.5 Å². The molecule has 0 aliphatic carbocycles. The molecule has 0 amide bonds. The molecule has 0 rings (SSSR count). The van der Waals surface area contributed by atoms with E-state index >= 15 is 0 Å². The van der Waals surface area contributed by atoms with Crippen molar-refractivity contribution >= 4 is 0 Å². The molecule has 4 heteroatoms. The van der Waals surface area contributed by atoms with Gasteiger partial charge in [0.15, 0.2) is 0 Å². The van der Waals surface area contributed by atoms with Crippen molar-refractivity contribution in [1.29, 1.82) is 0 Å². The van der Waals surface area contributed by atoms with E-state index in [9.17, 15) is 0 Å². The third-order valence-corrected chi connectivity index (χ3v) is 16.4. The van der Waals surface area contributed by atoms with Crippen LogP contribution in [-0.4, -0.2) is 44.3 Å². The summed E-state index contributed by atoms with van der Waals surface area (Å²) in [5.41, 5.74) is 0. The van der Waals surface area contributed by atoms with Crippen molar-refractivity contribution in [2.45, 2.75) is 41.5 Å². The van der Waals surface area contributed by atoms with Gasteiger partial charge in [0.1, 0.15) is 0 Å². The van der Waals surface area contributed by atoms with E-state index in [0.29, 0.717) is 0 Å². The van der Waals surface area contributed by atoms with E-state index < -0.39 is 31.1 Å². The summed E-state index contributed by atoms with van der Waals surface area (Å²) >= 11 is -2.01. The van der Waals surface area contributed by atoms with Crippen LogP contribution < -0.4 is 0 Å². The maximum atomic E-state index is 2.76. The van der Waals surface area contributed by atoms with Crippen LogP contribution in [0.2, 0.25) is 0 Å². The van der Waals surface area contributed by atoms with E-state index in [0.717, 1.165) is 0 Å². The van der Waals surface area contributed by atoms with Crippen molar-refractivity contribution in [2.24, 2.45) is 0 Å². The van der Waals surface area contributed by atoms with Gasteiger partial charge in [0.25, 0.3) is 0 Å². The fourth-order valence-corrected chi connectivity index (χ4v) is 12.8. The molecule has 0 radical (unpaired) electrons. The van der Waals surface area contributed by atoms with Gasteiger partial charge >= 0.3 is 117 Å². The summed E-state index contributed by atoms with van der Waals surface area (Å²) < 4.78 is 8.29. The molecule has 0 unspecified atom stereocenters. The Labute approximate surface area is 116 Å². The molecule has 0 aromatic heterocycles. The first kappa shape index (κ1) is 17.1. The molecule has 0 aliphatic heterocycles. The minimum atomic E-state index is -2.01. The molecule has 0 saturated heterocycles. The Morgan fingerprint density at radius 2 is 0.688 bits per heavy atom. The van der Waals surface area contributed by atoms with Crippen LogP contribution in [0.25, 0.3) is 0 Å². The van der Waals surface area contributed by atoms with Crippen LogP contribution in [0.4, 0.5) is 0 Å². The molecule has 0 heterocycles. The molecule has 0 aromatic carbocycles. The zero-order valence-corrected chi connectivity index (χ0v) is 15.8. The van der Waals surface area contributed by atoms with E-state index in [4.69, 9.17) is 0 Å². The second kappa shape index (κ2) is 10.0. The van der Waals surface area contributed by atoms with Gasteiger partial charge in [-0.15, -0.1) is 0 Å². The molecular weight excluding hydrogens is 325 g/mol. The Bertz CT molecular complexity index is 126. The van der Waals surface area contributed by atoms with Crippen molar-refractivity contribution in [3.05, 3.63) is 0 Å². The van der Waals surface area contributed by atoms with Crippen LogP contribution in [0.3, 0.4) is 0 Å². The predicted molar refractivity (Wildman–Crippen MR) is 68.8 cm³/mol. The molecule has 0 atom stereocenters. The van der Waals surface area contributed by atoms with Gasteiger partial charge in [-0.05, 0) is 0 Å². The van der Waals surface area contributed by atoms with Gasteiger partial charge in [0.05, 0.1) is 0 Å². The number of nitrogens with zero attached hydrogens (tertiary/aromatic N) is 3. The van der Waals surface area contributed by atoms with Crippen molar-refractivity contribution in [1.82, 2.24) is 4.99 Å². The normalized spacial score (nSPS) is 11.8. The van der Waals surface area contributed by atoms with E-state index in [2.05, 4.69) is 46.5 Å². The van der Waals surface area contributed by atoms with Gasteiger partial charge in [-0.2, -0.15) is 0 Å². The first-order chi connectivity index (χ1) is 7.69. The van der Waals surface area contributed by atoms with Gasteiger partial charge in [0.2, 0.25) is 0 Å². The molecule has 0 N–H and O–H groups in total. The first-order valence-electron chi connectivity index (χ1n) is 6.91. The standard InChI is InChI=1S/3C4H10N.La/c3*1-3-5-4-2;/h3*3-4H2,1-2H3;/q3*-1;+3. The van der Waals surface area contributed by atoms with E-state index in [-0.39, 0.29) is 0 Å². The van der Waals surface area contributed by atoms with E-state index in [1.165, 1.54) is 39.3 Å². The monoisotopic (exact) mass is 355 g/mol. The molecule has 0 bridgehead atoms. The van der Waals surface area contributed by atoms with Gasteiger partial charge in [-0.25, -0.2) is 0 Å². The molecule has 0 saturated carbocycles. The third-order valence-electron chi connectivity index (χ3n) is 3.42. The second-order valence-electron chi connectivity index (χ2n) is 4.01. The molecular formula is C12H30LaN3. The quantitative estimate of drug-likeness (QED) is 0.629. The van der Waals surface area contributed by atoms with E-state index in [1.807, 2.05) is 0 Å². The van der Waals surface area contributed by atoms with Crippen LogP contribution in [-0.2, 0) is 0 Å². The molecule has 0 aliphatic rings. The zero-order valence-electron chi connectivity index (χ0n) is 12.2. The number of hydrogen-bond donors (Lipinski definition) is 0. The number of rotatable bonds is 9. The SMILES string of the molecule is CC[N](CC)[La]([N](CC)CC)[N](CC)CC. The summed E-state index contributed by atoms with van der Waals surface area (Å²) in [6.45, 7) is 21.2. The third kappa shape index (κ3) is 4.75. The van der Waals surface area contributed by atoms with Crippen molar-refractivity contribution in [3.63, 3.8) is 0 Å². The van der Waals surface area contributed by atoms with Crippen molar-refractivity contribution in [2.75, 3.05) is 39.3 Å². The average molecular weight is 355 g/mol. The maximum absolute atomic E-state index is 2.76. The zero-order chi connectivity index (χ0) is 12.6. The summed E-state index contributed by atoms with van der Waals surface area (Å²) in [5, 5.41) is 0. The Hall–Kier alpha value is 1.07. The fourth-order valence-electron chi connectivity index (χ4n) is 2.34.